The van der Waals surface area contributed by atoms with Gasteiger partial charge in [-0.1, -0.05) is 5.16 Å². The molecule has 3 aromatic rings. The molecule has 0 spiro atoms. The number of nitrogens with zero attached hydrogens (tertiary/aromatic N) is 2. The number of aromatic nitrogens is 3. The molecule has 2 aromatic heterocycles. The molecule has 130 valence electrons. The van der Waals surface area contributed by atoms with Crippen molar-refractivity contribution in [3.8, 4) is 0 Å². The first-order valence-corrected chi connectivity index (χ1v) is 8.31. The van der Waals surface area contributed by atoms with Crippen LogP contribution in [0.4, 0.5) is 11.4 Å². The number of rotatable bonds is 4. The van der Waals surface area contributed by atoms with Gasteiger partial charge in [-0.25, -0.2) is 4.79 Å². The van der Waals surface area contributed by atoms with Crippen molar-refractivity contribution in [1.29, 1.82) is 0 Å². The molecule has 1 aliphatic rings. The molecule has 25 heavy (non-hydrogen) atoms. The van der Waals surface area contributed by atoms with E-state index in [0.29, 0.717) is 17.0 Å². The summed E-state index contributed by atoms with van der Waals surface area (Å²) in [6, 6.07) is 5.45. The summed E-state index contributed by atoms with van der Waals surface area (Å²) in [6.07, 6.45) is 2.35. The van der Waals surface area contributed by atoms with E-state index in [-0.39, 0.29) is 18.0 Å². The van der Waals surface area contributed by atoms with Crippen molar-refractivity contribution in [2.45, 2.75) is 26.2 Å². The predicted molar refractivity (Wildman–Crippen MR) is 93.9 cm³/mol. The molecular formula is C17H19N5O3. The van der Waals surface area contributed by atoms with E-state index in [1.165, 1.54) is 0 Å². The van der Waals surface area contributed by atoms with Gasteiger partial charge in [-0.15, -0.1) is 0 Å². The molecule has 3 heterocycles. The molecule has 0 unspecified atom stereocenters. The van der Waals surface area contributed by atoms with E-state index in [9.17, 15) is 9.59 Å². The molecule has 1 saturated heterocycles. The number of carbonyl (C=O) groups excluding carboxylic acids is 1. The first-order chi connectivity index (χ1) is 12.1. The zero-order chi connectivity index (χ0) is 17.4. The molecular weight excluding hydrogens is 322 g/mol. The lowest BCUT2D eigenvalue weighted by atomic mass is 10.2. The Morgan fingerprint density at radius 3 is 2.64 bits per heavy atom. The minimum Gasteiger partial charge on any atom is -0.370 e. The molecule has 3 N–H and O–H groups in total. The van der Waals surface area contributed by atoms with Crippen LogP contribution in [0.15, 0.2) is 27.5 Å². The van der Waals surface area contributed by atoms with E-state index in [1.807, 2.05) is 13.0 Å². The third kappa shape index (κ3) is 3.15. The summed E-state index contributed by atoms with van der Waals surface area (Å²) in [4.78, 5) is 31.7. The van der Waals surface area contributed by atoms with Gasteiger partial charge in [0.05, 0.1) is 34.5 Å². The number of aryl methyl sites for hydroxylation is 1. The Bertz CT molecular complexity index is 978. The van der Waals surface area contributed by atoms with Gasteiger partial charge in [-0.3, -0.25) is 4.79 Å². The average molecular weight is 341 g/mol. The van der Waals surface area contributed by atoms with Crippen LogP contribution in [0.5, 0.6) is 0 Å². The monoisotopic (exact) mass is 341 g/mol. The minimum absolute atomic E-state index is 0.113. The van der Waals surface area contributed by atoms with Gasteiger partial charge < -0.3 is 24.7 Å². The number of nitrogens with one attached hydrogen (secondary N) is 3. The Morgan fingerprint density at radius 2 is 1.96 bits per heavy atom. The maximum Gasteiger partial charge on any atom is 0.323 e. The van der Waals surface area contributed by atoms with Crippen LogP contribution in [0.25, 0.3) is 11.0 Å². The number of H-pyrrole nitrogens is 2. The Hall–Kier alpha value is -3.03. The highest BCUT2D eigenvalue weighted by atomic mass is 16.5. The van der Waals surface area contributed by atoms with Crippen LogP contribution in [0.2, 0.25) is 0 Å². The summed E-state index contributed by atoms with van der Waals surface area (Å²) in [5.41, 5.74) is 3.48. The molecule has 1 amide bonds. The molecule has 1 fully saturated rings. The maximum atomic E-state index is 12.4. The van der Waals surface area contributed by atoms with E-state index in [0.717, 1.165) is 42.8 Å². The number of anilines is 2. The summed E-state index contributed by atoms with van der Waals surface area (Å²) < 4.78 is 5.10. The lowest BCUT2D eigenvalue weighted by Gasteiger charge is -2.21. The summed E-state index contributed by atoms with van der Waals surface area (Å²) >= 11 is 0. The SMILES string of the molecule is Cc1cc(CC(=O)Nc2cc3[nH]c(=O)[nH]c3cc2N2CCCC2)on1. The topological polar surface area (TPSA) is 107 Å². The van der Waals surface area contributed by atoms with Gasteiger partial charge in [0.25, 0.3) is 0 Å². The van der Waals surface area contributed by atoms with Crippen LogP contribution >= 0.6 is 0 Å². The molecule has 1 aromatic carbocycles. The second-order valence-corrected chi connectivity index (χ2v) is 6.35. The van der Waals surface area contributed by atoms with Crippen molar-refractivity contribution in [2.24, 2.45) is 0 Å². The van der Waals surface area contributed by atoms with Crippen molar-refractivity contribution < 1.29 is 9.32 Å². The second-order valence-electron chi connectivity index (χ2n) is 6.35. The number of carbonyl (C=O) groups is 1. The van der Waals surface area contributed by atoms with Crippen LogP contribution in [-0.2, 0) is 11.2 Å². The van der Waals surface area contributed by atoms with Crippen LogP contribution < -0.4 is 15.9 Å². The summed E-state index contributed by atoms with van der Waals surface area (Å²) in [7, 11) is 0. The predicted octanol–water partition coefficient (Wildman–Crippen LogP) is 1.93. The normalized spacial score (nSPS) is 14.4. The quantitative estimate of drug-likeness (QED) is 0.672. The van der Waals surface area contributed by atoms with Gasteiger partial charge in [-0.2, -0.15) is 0 Å². The fourth-order valence-corrected chi connectivity index (χ4v) is 3.24. The van der Waals surface area contributed by atoms with Crippen molar-refractivity contribution >= 4 is 28.3 Å². The third-order valence-corrected chi connectivity index (χ3v) is 4.36. The zero-order valence-corrected chi connectivity index (χ0v) is 13.9. The molecule has 0 bridgehead atoms. The van der Waals surface area contributed by atoms with E-state index >= 15 is 0 Å². The lowest BCUT2D eigenvalue weighted by Crippen LogP contribution is -2.21. The van der Waals surface area contributed by atoms with Gasteiger partial charge in [0.1, 0.15) is 5.76 Å². The van der Waals surface area contributed by atoms with Crippen molar-refractivity contribution in [2.75, 3.05) is 23.3 Å². The van der Waals surface area contributed by atoms with Gasteiger partial charge in [0.2, 0.25) is 5.91 Å². The second kappa shape index (κ2) is 6.12. The van der Waals surface area contributed by atoms with Crippen molar-refractivity contribution in [1.82, 2.24) is 15.1 Å². The molecule has 0 aliphatic carbocycles. The standard InChI is InChI=1S/C17H19N5O3/c1-10-6-11(25-21-10)7-16(23)18-14-8-12-13(20-17(24)19-12)9-15(14)22-4-2-3-5-22/h6,8-9H,2-5,7H2,1H3,(H,18,23)(H2,19,20,24). The fourth-order valence-electron chi connectivity index (χ4n) is 3.24. The van der Waals surface area contributed by atoms with Gasteiger partial charge in [0.15, 0.2) is 0 Å². The minimum atomic E-state index is -0.261. The highest BCUT2D eigenvalue weighted by Crippen LogP contribution is 2.32. The Morgan fingerprint density at radius 1 is 1.24 bits per heavy atom. The number of imidazole rings is 1. The van der Waals surface area contributed by atoms with E-state index in [4.69, 9.17) is 4.52 Å². The van der Waals surface area contributed by atoms with E-state index in [1.54, 1.807) is 12.1 Å². The first kappa shape index (κ1) is 15.5. The van der Waals surface area contributed by atoms with Gasteiger partial charge in [0, 0.05) is 19.2 Å². The highest BCUT2D eigenvalue weighted by Gasteiger charge is 2.19. The smallest absolute Gasteiger partial charge is 0.323 e. The fraction of sp³-hybridized carbons (Fsp3) is 0.353. The Labute approximate surface area is 143 Å². The molecule has 1 aliphatic heterocycles. The van der Waals surface area contributed by atoms with Crippen LogP contribution in [0.1, 0.15) is 24.3 Å². The number of aromatic amines is 2. The molecule has 8 heteroatoms. The number of benzene rings is 1. The summed E-state index contributed by atoms with van der Waals surface area (Å²) in [5, 5.41) is 6.74. The molecule has 4 rings (SSSR count). The van der Waals surface area contributed by atoms with Crippen molar-refractivity contribution in [3.05, 3.63) is 40.1 Å². The molecule has 0 saturated carbocycles. The van der Waals surface area contributed by atoms with Crippen LogP contribution in [0.3, 0.4) is 0 Å². The van der Waals surface area contributed by atoms with E-state index < -0.39 is 0 Å². The van der Waals surface area contributed by atoms with E-state index in [2.05, 4.69) is 25.3 Å². The molecule has 8 nitrogen and oxygen atoms in total. The van der Waals surface area contributed by atoms with Gasteiger partial charge >= 0.3 is 5.69 Å². The number of hydrogen-bond acceptors (Lipinski definition) is 5. The highest BCUT2D eigenvalue weighted by molar-refractivity contribution is 5.99. The Kier molecular flexibility index (Phi) is 3.79. The number of hydrogen-bond donors (Lipinski definition) is 3. The van der Waals surface area contributed by atoms with Gasteiger partial charge in [-0.05, 0) is 31.9 Å². The molecule has 0 atom stereocenters. The number of fused-ring (bicyclic) bond motifs is 1. The van der Waals surface area contributed by atoms with Crippen LogP contribution in [-0.4, -0.2) is 34.1 Å². The average Bonchev–Trinajstić information content (AvgIpc) is 3.27. The third-order valence-electron chi connectivity index (χ3n) is 4.36. The lowest BCUT2D eigenvalue weighted by molar-refractivity contribution is -0.115. The maximum absolute atomic E-state index is 12.4. The Balaban J connectivity index is 1.65. The molecule has 0 radical (unpaired) electrons. The van der Waals surface area contributed by atoms with Crippen molar-refractivity contribution in [3.63, 3.8) is 0 Å². The number of amides is 1. The summed E-state index contributed by atoms with van der Waals surface area (Å²) in [6.45, 7) is 3.68. The largest absolute Gasteiger partial charge is 0.370 e. The first-order valence-electron chi connectivity index (χ1n) is 8.31. The van der Waals surface area contributed by atoms with Crippen LogP contribution in [0, 0.1) is 6.92 Å². The zero-order valence-electron chi connectivity index (χ0n) is 13.9. The summed E-state index contributed by atoms with van der Waals surface area (Å²) in [5.74, 6) is 0.336.